The van der Waals surface area contributed by atoms with E-state index in [-0.39, 0.29) is 0 Å². The van der Waals surface area contributed by atoms with Crippen molar-refractivity contribution < 1.29 is 19.4 Å². The summed E-state index contributed by atoms with van der Waals surface area (Å²) in [6.07, 6.45) is 0. The molecule has 0 atom stereocenters. The third-order valence-electron chi connectivity index (χ3n) is 2.83. The molecule has 2 heterocycles. The number of ether oxygens (including phenoxy) is 2. The van der Waals surface area contributed by atoms with Crippen molar-refractivity contribution in [3.63, 3.8) is 0 Å². The number of benzene rings is 1. The topological polar surface area (TPSA) is 55.8 Å². The first-order chi connectivity index (χ1) is 8.69. The van der Waals surface area contributed by atoms with E-state index in [1.54, 1.807) is 13.2 Å². The molecule has 18 heavy (non-hydrogen) atoms. The Morgan fingerprint density at radius 2 is 2.28 bits per heavy atom. The molecule has 1 aliphatic heterocycles. The van der Waals surface area contributed by atoms with Crippen LogP contribution in [-0.2, 0) is 6.61 Å². The molecule has 1 aromatic heterocycles. The van der Waals surface area contributed by atoms with Crippen LogP contribution in [0.1, 0.15) is 15.2 Å². The molecule has 3 rings (SSSR count). The average molecular weight is 262 g/mol. The first kappa shape index (κ1) is 11.1. The van der Waals surface area contributed by atoms with Gasteiger partial charge in [-0.05, 0) is 24.3 Å². The number of hydrogen-bond acceptors (Lipinski definition) is 4. The minimum atomic E-state index is -0.904. The molecule has 0 fully saturated rings. The van der Waals surface area contributed by atoms with Gasteiger partial charge in [0, 0.05) is 16.0 Å². The fraction of sp³-hybridized carbons (Fsp3) is 0.154. The van der Waals surface area contributed by atoms with E-state index < -0.39 is 5.97 Å². The maximum Gasteiger partial charge on any atom is 0.345 e. The molecule has 0 radical (unpaired) electrons. The Kier molecular flexibility index (Phi) is 2.48. The summed E-state index contributed by atoms with van der Waals surface area (Å²) >= 11 is 1.27. The highest BCUT2D eigenvalue weighted by Gasteiger charge is 2.22. The molecule has 1 aromatic carbocycles. The molecular weight excluding hydrogens is 252 g/mol. The van der Waals surface area contributed by atoms with Crippen molar-refractivity contribution in [1.82, 2.24) is 0 Å². The maximum absolute atomic E-state index is 11.0. The Labute approximate surface area is 107 Å². The highest BCUT2D eigenvalue weighted by molar-refractivity contribution is 7.17. The molecule has 1 N–H and O–H groups in total. The number of carboxylic acid groups (broad SMARTS) is 1. The molecule has 0 amide bonds. The molecule has 0 saturated carbocycles. The Balaban J connectivity index is 2.17. The molecule has 0 spiro atoms. The summed E-state index contributed by atoms with van der Waals surface area (Å²) in [4.78, 5) is 12.3. The van der Waals surface area contributed by atoms with Gasteiger partial charge in [-0.25, -0.2) is 4.79 Å². The van der Waals surface area contributed by atoms with E-state index in [1.165, 1.54) is 11.3 Å². The van der Waals surface area contributed by atoms with E-state index in [4.69, 9.17) is 14.6 Å². The predicted octanol–water partition coefficient (Wildman–Crippen LogP) is 3.01. The quantitative estimate of drug-likeness (QED) is 0.903. The second-order valence-electron chi connectivity index (χ2n) is 3.92. The molecule has 2 aromatic rings. The second kappa shape index (κ2) is 4.03. The van der Waals surface area contributed by atoms with Crippen LogP contribution in [0, 0.1) is 0 Å². The molecule has 92 valence electrons. The number of methoxy groups -OCH3 is 1. The van der Waals surface area contributed by atoms with Gasteiger partial charge in [-0.3, -0.25) is 0 Å². The summed E-state index contributed by atoms with van der Waals surface area (Å²) in [6, 6.07) is 7.22. The normalized spacial score (nSPS) is 12.3. The minimum absolute atomic E-state index is 0.333. The second-order valence-corrected chi connectivity index (χ2v) is 4.97. The first-order valence-electron chi connectivity index (χ1n) is 5.36. The summed E-state index contributed by atoms with van der Waals surface area (Å²) in [7, 11) is 1.60. The lowest BCUT2D eigenvalue weighted by Crippen LogP contribution is -2.02. The van der Waals surface area contributed by atoms with E-state index in [0.29, 0.717) is 11.5 Å². The SMILES string of the molecule is COc1ccc2c(c1)-c1sc(C(=O)O)cc1CO2. The molecule has 0 unspecified atom stereocenters. The highest BCUT2D eigenvalue weighted by atomic mass is 32.1. The summed E-state index contributed by atoms with van der Waals surface area (Å²) in [6.45, 7) is 0.415. The van der Waals surface area contributed by atoms with Gasteiger partial charge in [0.05, 0.1) is 7.11 Å². The average Bonchev–Trinajstić information content (AvgIpc) is 2.82. The van der Waals surface area contributed by atoms with Crippen molar-refractivity contribution in [2.45, 2.75) is 6.61 Å². The van der Waals surface area contributed by atoms with Crippen LogP contribution in [0.2, 0.25) is 0 Å². The fourth-order valence-electron chi connectivity index (χ4n) is 1.96. The van der Waals surface area contributed by atoms with Gasteiger partial charge in [-0.15, -0.1) is 11.3 Å². The smallest absolute Gasteiger partial charge is 0.345 e. The Morgan fingerprint density at radius 1 is 1.44 bits per heavy atom. The molecule has 0 bridgehead atoms. The largest absolute Gasteiger partial charge is 0.497 e. The number of carboxylic acids is 1. The van der Waals surface area contributed by atoms with Crippen LogP contribution < -0.4 is 9.47 Å². The van der Waals surface area contributed by atoms with E-state index in [9.17, 15) is 4.79 Å². The van der Waals surface area contributed by atoms with Crippen molar-refractivity contribution in [1.29, 1.82) is 0 Å². The minimum Gasteiger partial charge on any atom is -0.497 e. The van der Waals surface area contributed by atoms with Crippen LogP contribution in [0.3, 0.4) is 0 Å². The summed E-state index contributed by atoms with van der Waals surface area (Å²) in [5.74, 6) is 0.594. The van der Waals surface area contributed by atoms with Crippen LogP contribution in [0.15, 0.2) is 24.3 Å². The third-order valence-corrected chi connectivity index (χ3v) is 4.03. The number of rotatable bonds is 2. The molecule has 4 nitrogen and oxygen atoms in total. The van der Waals surface area contributed by atoms with Gasteiger partial charge in [-0.1, -0.05) is 0 Å². The highest BCUT2D eigenvalue weighted by Crippen LogP contribution is 2.43. The van der Waals surface area contributed by atoms with E-state index in [1.807, 2.05) is 18.2 Å². The number of carbonyl (C=O) groups is 1. The standard InChI is InChI=1S/C13H10O4S/c1-16-8-2-3-10-9(5-8)12-7(6-17-10)4-11(18-12)13(14)15/h2-5H,6H2,1H3,(H,14,15). The molecule has 0 aliphatic carbocycles. The van der Waals surface area contributed by atoms with E-state index in [2.05, 4.69) is 0 Å². The van der Waals surface area contributed by atoms with E-state index in [0.717, 1.165) is 27.5 Å². The molecule has 1 aliphatic rings. The van der Waals surface area contributed by atoms with E-state index >= 15 is 0 Å². The van der Waals surface area contributed by atoms with Crippen LogP contribution in [0.25, 0.3) is 10.4 Å². The van der Waals surface area contributed by atoms with Gasteiger partial charge >= 0.3 is 5.97 Å². The zero-order valence-electron chi connectivity index (χ0n) is 9.60. The molecule has 5 heteroatoms. The lowest BCUT2D eigenvalue weighted by molar-refractivity contribution is 0.0702. The van der Waals surface area contributed by atoms with Crippen LogP contribution >= 0.6 is 11.3 Å². The zero-order valence-corrected chi connectivity index (χ0v) is 10.4. The Morgan fingerprint density at radius 3 is 3.00 bits per heavy atom. The predicted molar refractivity (Wildman–Crippen MR) is 67.6 cm³/mol. The van der Waals surface area contributed by atoms with Crippen LogP contribution in [0.4, 0.5) is 0 Å². The Bertz CT molecular complexity index is 630. The van der Waals surface area contributed by atoms with Gasteiger partial charge in [-0.2, -0.15) is 0 Å². The number of fused-ring (bicyclic) bond motifs is 3. The van der Waals surface area contributed by atoms with Crippen molar-refractivity contribution in [2.24, 2.45) is 0 Å². The van der Waals surface area contributed by atoms with Crippen molar-refractivity contribution in [2.75, 3.05) is 7.11 Å². The lowest BCUT2D eigenvalue weighted by Gasteiger charge is -2.17. The van der Waals surface area contributed by atoms with Crippen molar-refractivity contribution >= 4 is 17.3 Å². The van der Waals surface area contributed by atoms with Gasteiger partial charge in [0.1, 0.15) is 23.0 Å². The van der Waals surface area contributed by atoms with Crippen molar-refractivity contribution in [3.8, 4) is 21.9 Å². The monoisotopic (exact) mass is 262 g/mol. The first-order valence-corrected chi connectivity index (χ1v) is 6.18. The lowest BCUT2D eigenvalue weighted by atomic mass is 10.1. The molecule has 0 saturated heterocycles. The van der Waals surface area contributed by atoms with Crippen LogP contribution in [0.5, 0.6) is 11.5 Å². The van der Waals surface area contributed by atoms with Gasteiger partial charge in [0.2, 0.25) is 0 Å². The summed E-state index contributed by atoms with van der Waals surface area (Å²) < 4.78 is 10.8. The number of thiophene rings is 1. The Hall–Kier alpha value is -2.01. The summed E-state index contributed by atoms with van der Waals surface area (Å²) in [5, 5.41) is 9.03. The maximum atomic E-state index is 11.0. The van der Waals surface area contributed by atoms with Crippen LogP contribution in [-0.4, -0.2) is 18.2 Å². The molecular formula is C13H10O4S. The third kappa shape index (κ3) is 1.64. The van der Waals surface area contributed by atoms with Crippen molar-refractivity contribution in [3.05, 3.63) is 34.7 Å². The number of hydrogen-bond donors (Lipinski definition) is 1. The van der Waals surface area contributed by atoms with Gasteiger partial charge in [0.15, 0.2) is 0 Å². The van der Waals surface area contributed by atoms with Gasteiger partial charge < -0.3 is 14.6 Å². The zero-order chi connectivity index (χ0) is 12.7. The fourth-order valence-corrected chi connectivity index (χ4v) is 2.99. The number of aromatic carboxylic acids is 1. The summed E-state index contributed by atoms with van der Waals surface area (Å²) in [5.41, 5.74) is 1.81. The van der Waals surface area contributed by atoms with Gasteiger partial charge in [0.25, 0.3) is 0 Å².